The van der Waals surface area contributed by atoms with Gasteiger partial charge < -0.3 is 14.5 Å². The number of carbonyl (C=O) groups excluding carboxylic acids is 1. The summed E-state index contributed by atoms with van der Waals surface area (Å²) in [5, 5.41) is 2.94. The van der Waals surface area contributed by atoms with Gasteiger partial charge in [0.15, 0.2) is 0 Å². The molecule has 5 nitrogen and oxygen atoms in total. The van der Waals surface area contributed by atoms with Crippen LogP contribution in [-0.2, 0) is 9.53 Å². The number of hydrogen-bond acceptors (Lipinski definition) is 4. The number of nitrogens with zero attached hydrogens (tertiary/aromatic N) is 1. The van der Waals surface area contributed by atoms with E-state index in [1.165, 1.54) is 0 Å². The number of rotatable bonds is 5. The highest BCUT2D eigenvalue weighted by molar-refractivity contribution is 5.75. The van der Waals surface area contributed by atoms with Gasteiger partial charge in [0.25, 0.3) is 0 Å². The summed E-state index contributed by atoms with van der Waals surface area (Å²) >= 11 is 0. The van der Waals surface area contributed by atoms with Gasteiger partial charge in [-0.25, -0.2) is 0 Å². The normalized spacial score (nSPS) is 18.5. The average molecular weight is 252 g/mol. The van der Waals surface area contributed by atoms with Gasteiger partial charge in [-0.15, -0.1) is 0 Å². The zero-order valence-electron chi connectivity index (χ0n) is 10.7. The monoisotopic (exact) mass is 252 g/mol. The fourth-order valence-corrected chi connectivity index (χ4v) is 2.12. The van der Waals surface area contributed by atoms with Crippen LogP contribution in [0.1, 0.15) is 25.1 Å². The molecule has 0 radical (unpaired) electrons. The van der Waals surface area contributed by atoms with Crippen molar-refractivity contribution in [3.63, 3.8) is 0 Å². The molecule has 1 amide bonds. The van der Waals surface area contributed by atoms with E-state index in [1.807, 2.05) is 19.1 Å². The van der Waals surface area contributed by atoms with Crippen LogP contribution < -0.4 is 5.32 Å². The molecule has 5 heteroatoms. The van der Waals surface area contributed by atoms with E-state index in [1.54, 1.807) is 6.26 Å². The number of amides is 1. The van der Waals surface area contributed by atoms with Crippen LogP contribution >= 0.6 is 0 Å². The van der Waals surface area contributed by atoms with Crippen molar-refractivity contribution in [2.24, 2.45) is 0 Å². The Balaban J connectivity index is 2.00. The van der Waals surface area contributed by atoms with E-state index >= 15 is 0 Å². The standard InChI is InChI=1S/C13H20N2O3/c1-2-13(16)14-10-11(12-4-3-7-18-12)15-5-8-17-9-6-15/h3-4,7,11H,2,5-6,8-10H2,1H3,(H,14,16). The molecule has 1 aliphatic heterocycles. The lowest BCUT2D eigenvalue weighted by molar-refractivity contribution is -0.121. The van der Waals surface area contributed by atoms with Crippen LogP contribution in [0.4, 0.5) is 0 Å². The second kappa shape index (κ2) is 6.56. The van der Waals surface area contributed by atoms with Gasteiger partial charge in [-0.2, -0.15) is 0 Å². The molecule has 2 heterocycles. The third-order valence-corrected chi connectivity index (χ3v) is 3.17. The first-order chi connectivity index (χ1) is 8.81. The van der Waals surface area contributed by atoms with Gasteiger partial charge in [-0.1, -0.05) is 6.92 Å². The maximum absolute atomic E-state index is 11.4. The molecule has 2 rings (SSSR count). The first-order valence-corrected chi connectivity index (χ1v) is 6.43. The first-order valence-electron chi connectivity index (χ1n) is 6.43. The largest absolute Gasteiger partial charge is 0.468 e. The van der Waals surface area contributed by atoms with Crippen LogP contribution in [-0.4, -0.2) is 43.7 Å². The first kappa shape index (κ1) is 13.1. The van der Waals surface area contributed by atoms with Crippen molar-refractivity contribution in [2.75, 3.05) is 32.8 Å². The summed E-state index contributed by atoms with van der Waals surface area (Å²) in [5.41, 5.74) is 0. The Labute approximate surface area is 107 Å². The molecule has 0 aromatic carbocycles. The van der Waals surface area contributed by atoms with Gasteiger partial charge >= 0.3 is 0 Å². The summed E-state index contributed by atoms with van der Waals surface area (Å²) in [6.07, 6.45) is 2.18. The molecule has 1 aliphatic rings. The Bertz CT molecular complexity index is 358. The molecule has 1 unspecified atom stereocenters. The smallest absolute Gasteiger partial charge is 0.219 e. The minimum atomic E-state index is 0.0693. The third-order valence-electron chi connectivity index (χ3n) is 3.17. The number of morpholine rings is 1. The Morgan fingerprint density at radius 3 is 2.89 bits per heavy atom. The van der Waals surface area contributed by atoms with Crippen LogP contribution in [0.5, 0.6) is 0 Å². The van der Waals surface area contributed by atoms with Crippen molar-refractivity contribution >= 4 is 5.91 Å². The number of ether oxygens (including phenoxy) is 1. The molecule has 1 saturated heterocycles. The predicted octanol–water partition coefficient (Wildman–Crippen LogP) is 1.18. The highest BCUT2D eigenvalue weighted by Crippen LogP contribution is 2.21. The second-order valence-corrected chi connectivity index (χ2v) is 4.34. The highest BCUT2D eigenvalue weighted by Gasteiger charge is 2.24. The molecule has 1 N–H and O–H groups in total. The van der Waals surface area contributed by atoms with E-state index < -0.39 is 0 Å². The topological polar surface area (TPSA) is 54.7 Å². The molecule has 1 atom stereocenters. The van der Waals surface area contributed by atoms with Crippen molar-refractivity contribution in [1.29, 1.82) is 0 Å². The van der Waals surface area contributed by atoms with Gasteiger partial charge in [0.2, 0.25) is 5.91 Å². The van der Waals surface area contributed by atoms with Crippen LogP contribution in [0.25, 0.3) is 0 Å². The predicted molar refractivity (Wildman–Crippen MR) is 67.1 cm³/mol. The fourth-order valence-electron chi connectivity index (χ4n) is 2.12. The van der Waals surface area contributed by atoms with Crippen molar-refractivity contribution in [3.8, 4) is 0 Å². The summed E-state index contributed by atoms with van der Waals surface area (Å²) in [4.78, 5) is 13.7. The summed E-state index contributed by atoms with van der Waals surface area (Å²) in [5.74, 6) is 0.966. The Morgan fingerprint density at radius 1 is 1.50 bits per heavy atom. The van der Waals surface area contributed by atoms with Gasteiger partial charge in [0, 0.05) is 26.1 Å². The van der Waals surface area contributed by atoms with E-state index in [0.29, 0.717) is 13.0 Å². The zero-order valence-corrected chi connectivity index (χ0v) is 10.7. The van der Waals surface area contributed by atoms with Crippen molar-refractivity contribution < 1.29 is 13.9 Å². The molecule has 100 valence electrons. The Hall–Kier alpha value is -1.33. The quantitative estimate of drug-likeness (QED) is 0.855. The molecule has 1 aromatic rings. The average Bonchev–Trinajstić information content (AvgIpc) is 2.94. The maximum Gasteiger partial charge on any atom is 0.219 e. The van der Waals surface area contributed by atoms with E-state index in [4.69, 9.17) is 9.15 Å². The number of nitrogens with one attached hydrogen (secondary N) is 1. The van der Waals surface area contributed by atoms with Crippen molar-refractivity contribution in [3.05, 3.63) is 24.2 Å². The molecular formula is C13H20N2O3. The lowest BCUT2D eigenvalue weighted by Gasteiger charge is -2.33. The maximum atomic E-state index is 11.4. The summed E-state index contributed by atoms with van der Waals surface area (Å²) < 4.78 is 10.8. The summed E-state index contributed by atoms with van der Waals surface area (Å²) in [6, 6.07) is 3.93. The van der Waals surface area contributed by atoms with Gasteiger partial charge in [0.05, 0.1) is 25.5 Å². The van der Waals surface area contributed by atoms with Gasteiger partial charge in [-0.05, 0) is 12.1 Å². The third kappa shape index (κ3) is 3.34. The zero-order chi connectivity index (χ0) is 12.8. The minimum Gasteiger partial charge on any atom is -0.468 e. The highest BCUT2D eigenvalue weighted by atomic mass is 16.5. The summed E-state index contributed by atoms with van der Waals surface area (Å²) in [7, 11) is 0. The van der Waals surface area contributed by atoms with Crippen LogP contribution in [0, 0.1) is 0 Å². The minimum absolute atomic E-state index is 0.0693. The van der Waals surface area contributed by atoms with Crippen molar-refractivity contribution in [2.45, 2.75) is 19.4 Å². The van der Waals surface area contributed by atoms with Gasteiger partial charge in [0.1, 0.15) is 5.76 Å². The van der Waals surface area contributed by atoms with E-state index in [-0.39, 0.29) is 11.9 Å². The van der Waals surface area contributed by atoms with Gasteiger partial charge in [-0.3, -0.25) is 9.69 Å². The fraction of sp³-hybridized carbons (Fsp3) is 0.615. The molecule has 0 spiro atoms. The summed E-state index contributed by atoms with van der Waals surface area (Å²) in [6.45, 7) is 5.64. The van der Waals surface area contributed by atoms with E-state index in [0.717, 1.165) is 32.1 Å². The molecule has 0 aliphatic carbocycles. The van der Waals surface area contributed by atoms with Crippen LogP contribution in [0.2, 0.25) is 0 Å². The molecule has 0 saturated carbocycles. The second-order valence-electron chi connectivity index (χ2n) is 4.34. The molecule has 0 bridgehead atoms. The molecule has 1 aromatic heterocycles. The Kier molecular flexibility index (Phi) is 4.78. The van der Waals surface area contributed by atoms with Crippen LogP contribution in [0.3, 0.4) is 0 Å². The van der Waals surface area contributed by atoms with Crippen LogP contribution in [0.15, 0.2) is 22.8 Å². The Morgan fingerprint density at radius 2 is 2.28 bits per heavy atom. The molecular weight excluding hydrogens is 232 g/mol. The van der Waals surface area contributed by atoms with E-state index in [9.17, 15) is 4.79 Å². The lowest BCUT2D eigenvalue weighted by atomic mass is 10.1. The molecule has 18 heavy (non-hydrogen) atoms. The molecule has 1 fully saturated rings. The number of carbonyl (C=O) groups is 1. The SMILES string of the molecule is CCC(=O)NCC(c1ccco1)N1CCOCC1. The van der Waals surface area contributed by atoms with E-state index in [2.05, 4.69) is 10.2 Å². The van der Waals surface area contributed by atoms with Crippen molar-refractivity contribution in [1.82, 2.24) is 10.2 Å². The number of hydrogen-bond donors (Lipinski definition) is 1. The lowest BCUT2D eigenvalue weighted by Crippen LogP contribution is -2.43. The number of furan rings is 1.